The molecule has 0 N–H and O–H groups in total. The number of allylic oxidation sites excluding steroid dienone is 1. The summed E-state index contributed by atoms with van der Waals surface area (Å²) in [5, 5.41) is 0. The molecule has 0 radical (unpaired) electrons. The van der Waals surface area contributed by atoms with Gasteiger partial charge in [0.1, 0.15) is 11.4 Å². The van der Waals surface area contributed by atoms with Gasteiger partial charge in [-0.3, -0.25) is 4.79 Å². The molecule has 2 nitrogen and oxygen atoms in total. The maximum absolute atomic E-state index is 10.7. The quantitative estimate of drug-likeness (QED) is 0.401. The molecule has 0 saturated heterocycles. The van der Waals surface area contributed by atoms with E-state index in [1.807, 2.05) is 13.0 Å². The Labute approximate surface area is 69.4 Å². The molecule has 3 heteroatoms. The van der Waals surface area contributed by atoms with Crippen molar-refractivity contribution in [1.29, 1.82) is 0 Å². The van der Waals surface area contributed by atoms with Gasteiger partial charge >= 0.3 is 5.97 Å². The minimum absolute atomic E-state index is 0.210. The maximum Gasteiger partial charge on any atom is 0.319 e. The van der Waals surface area contributed by atoms with Crippen molar-refractivity contribution < 1.29 is 9.53 Å². The molecule has 0 rings (SSSR count). The molecule has 58 valence electrons. The summed E-state index contributed by atoms with van der Waals surface area (Å²) >= 11 is 3.09. The molecule has 0 bridgehead atoms. The zero-order valence-corrected chi connectivity index (χ0v) is 7.72. The molecule has 0 aromatic rings. The first-order valence-corrected chi connectivity index (χ1v) is 4.02. The molecule has 0 aliphatic carbocycles. The largest absolute Gasteiger partial charge is 0.461 e. The fraction of sp³-hybridized carbons (Fsp3) is 0.571. The second-order valence-corrected chi connectivity index (χ2v) is 3.19. The zero-order chi connectivity index (χ0) is 7.98. The van der Waals surface area contributed by atoms with Gasteiger partial charge in [0.15, 0.2) is 0 Å². The first kappa shape index (κ1) is 9.69. The van der Waals surface area contributed by atoms with Crippen LogP contribution in [0.2, 0.25) is 0 Å². The standard InChI is InChI=1S/C7H11BrO2/c1-3-4-5-10-7(9)6(2)8/h3-4,6H,5H2,1-2H3/b4-3-. The molecule has 0 aromatic carbocycles. The predicted molar refractivity (Wildman–Crippen MR) is 44.2 cm³/mol. The van der Waals surface area contributed by atoms with E-state index < -0.39 is 0 Å². The highest BCUT2D eigenvalue weighted by molar-refractivity contribution is 9.10. The van der Waals surface area contributed by atoms with E-state index >= 15 is 0 Å². The summed E-state index contributed by atoms with van der Waals surface area (Å²) in [6.07, 6.45) is 3.62. The molecule has 0 aliphatic rings. The van der Waals surface area contributed by atoms with E-state index in [1.165, 1.54) is 0 Å². The fourth-order valence-corrected chi connectivity index (χ4v) is 0.473. The number of ether oxygens (including phenoxy) is 1. The van der Waals surface area contributed by atoms with Gasteiger partial charge in [-0.05, 0) is 13.8 Å². The van der Waals surface area contributed by atoms with Crippen LogP contribution < -0.4 is 0 Å². The minimum Gasteiger partial charge on any atom is -0.461 e. The third-order valence-corrected chi connectivity index (χ3v) is 1.26. The third kappa shape index (κ3) is 4.56. The summed E-state index contributed by atoms with van der Waals surface area (Å²) in [5.41, 5.74) is 0. The Kier molecular flexibility index (Phi) is 5.30. The maximum atomic E-state index is 10.7. The predicted octanol–water partition coefficient (Wildman–Crippen LogP) is 1.89. The Bertz CT molecular complexity index is 130. The smallest absolute Gasteiger partial charge is 0.319 e. The van der Waals surface area contributed by atoms with Crippen molar-refractivity contribution in [2.45, 2.75) is 18.7 Å². The molecule has 0 fully saturated rings. The number of carbonyl (C=O) groups excluding carboxylic acids is 1. The molecule has 0 aliphatic heterocycles. The molecule has 0 spiro atoms. The van der Waals surface area contributed by atoms with E-state index in [2.05, 4.69) is 15.9 Å². The Morgan fingerprint density at radius 3 is 2.80 bits per heavy atom. The van der Waals surface area contributed by atoms with Gasteiger partial charge in [0, 0.05) is 0 Å². The number of hydrogen-bond acceptors (Lipinski definition) is 2. The second-order valence-electron chi connectivity index (χ2n) is 1.82. The Morgan fingerprint density at radius 1 is 1.80 bits per heavy atom. The van der Waals surface area contributed by atoms with Crippen LogP contribution in [0.15, 0.2) is 12.2 Å². The Morgan fingerprint density at radius 2 is 2.40 bits per heavy atom. The van der Waals surface area contributed by atoms with Gasteiger partial charge in [0.05, 0.1) is 0 Å². The normalized spacial score (nSPS) is 13.5. The summed E-state index contributed by atoms with van der Waals surface area (Å²) in [6.45, 7) is 3.98. The van der Waals surface area contributed by atoms with Crippen LogP contribution in [-0.4, -0.2) is 17.4 Å². The summed E-state index contributed by atoms with van der Waals surface area (Å²) in [5.74, 6) is -0.224. The van der Waals surface area contributed by atoms with Crippen molar-refractivity contribution in [3.8, 4) is 0 Å². The highest BCUT2D eigenvalue weighted by Gasteiger charge is 2.07. The second kappa shape index (κ2) is 5.47. The van der Waals surface area contributed by atoms with Crippen molar-refractivity contribution in [1.82, 2.24) is 0 Å². The summed E-state index contributed by atoms with van der Waals surface area (Å²) in [4.78, 5) is 10.5. The number of alkyl halides is 1. The van der Waals surface area contributed by atoms with Crippen LogP contribution in [0.25, 0.3) is 0 Å². The van der Waals surface area contributed by atoms with Crippen molar-refractivity contribution in [3.63, 3.8) is 0 Å². The van der Waals surface area contributed by atoms with E-state index in [9.17, 15) is 4.79 Å². The van der Waals surface area contributed by atoms with Crippen LogP contribution in [-0.2, 0) is 9.53 Å². The average molecular weight is 207 g/mol. The van der Waals surface area contributed by atoms with Gasteiger partial charge in [-0.1, -0.05) is 28.1 Å². The van der Waals surface area contributed by atoms with E-state index in [0.717, 1.165) is 0 Å². The number of carbonyl (C=O) groups is 1. The highest BCUT2D eigenvalue weighted by atomic mass is 79.9. The summed E-state index contributed by atoms with van der Waals surface area (Å²) in [6, 6.07) is 0. The highest BCUT2D eigenvalue weighted by Crippen LogP contribution is 1.99. The first-order valence-electron chi connectivity index (χ1n) is 3.10. The summed E-state index contributed by atoms with van der Waals surface area (Å²) < 4.78 is 4.77. The van der Waals surface area contributed by atoms with E-state index in [0.29, 0.717) is 6.61 Å². The van der Waals surface area contributed by atoms with Gasteiger partial charge in [-0.15, -0.1) is 0 Å². The lowest BCUT2D eigenvalue weighted by molar-refractivity contribution is -0.141. The van der Waals surface area contributed by atoms with Crippen LogP contribution in [0.3, 0.4) is 0 Å². The minimum atomic E-state index is -0.224. The lowest BCUT2D eigenvalue weighted by atomic mass is 10.5. The van der Waals surface area contributed by atoms with Crippen LogP contribution >= 0.6 is 15.9 Å². The summed E-state index contributed by atoms with van der Waals surface area (Å²) in [7, 11) is 0. The molecular weight excluding hydrogens is 196 g/mol. The van der Waals surface area contributed by atoms with E-state index in [1.54, 1.807) is 13.0 Å². The lowest BCUT2D eigenvalue weighted by Gasteiger charge is -2.01. The fourth-order valence-electron chi connectivity index (χ4n) is 0.341. The van der Waals surface area contributed by atoms with Gasteiger partial charge in [-0.25, -0.2) is 0 Å². The lowest BCUT2D eigenvalue weighted by Crippen LogP contribution is -2.13. The van der Waals surface area contributed by atoms with Crippen LogP contribution in [0.5, 0.6) is 0 Å². The average Bonchev–Trinajstić information content (AvgIpc) is 1.88. The van der Waals surface area contributed by atoms with Crippen molar-refractivity contribution >= 4 is 21.9 Å². The van der Waals surface area contributed by atoms with Crippen LogP contribution in [0.1, 0.15) is 13.8 Å². The van der Waals surface area contributed by atoms with Crippen LogP contribution in [0.4, 0.5) is 0 Å². The van der Waals surface area contributed by atoms with Gasteiger partial charge in [0.2, 0.25) is 0 Å². The topological polar surface area (TPSA) is 26.3 Å². The Balaban J connectivity index is 3.40. The molecule has 1 atom stereocenters. The third-order valence-electron chi connectivity index (χ3n) is 0.882. The SMILES string of the molecule is C/C=C\COC(=O)C(C)Br. The molecule has 0 saturated carbocycles. The van der Waals surface area contributed by atoms with E-state index in [4.69, 9.17) is 4.74 Å². The number of rotatable bonds is 3. The molecular formula is C7H11BrO2. The van der Waals surface area contributed by atoms with Crippen molar-refractivity contribution in [3.05, 3.63) is 12.2 Å². The van der Waals surface area contributed by atoms with Gasteiger partial charge < -0.3 is 4.74 Å². The zero-order valence-electron chi connectivity index (χ0n) is 6.13. The van der Waals surface area contributed by atoms with E-state index in [-0.39, 0.29) is 10.8 Å². The van der Waals surface area contributed by atoms with Gasteiger partial charge in [-0.2, -0.15) is 0 Å². The monoisotopic (exact) mass is 206 g/mol. The molecule has 0 heterocycles. The first-order chi connectivity index (χ1) is 4.68. The Hall–Kier alpha value is -0.310. The number of halogens is 1. The molecule has 10 heavy (non-hydrogen) atoms. The number of esters is 1. The molecule has 1 unspecified atom stereocenters. The van der Waals surface area contributed by atoms with Crippen molar-refractivity contribution in [2.75, 3.05) is 6.61 Å². The molecule has 0 amide bonds. The van der Waals surface area contributed by atoms with Crippen LogP contribution in [0, 0.1) is 0 Å². The van der Waals surface area contributed by atoms with Crippen molar-refractivity contribution in [2.24, 2.45) is 0 Å². The number of hydrogen-bond donors (Lipinski definition) is 0. The molecule has 0 aromatic heterocycles. The van der Waals surface area contributed by atoms with Gasteiger partial charge in [0.25, 0.3) is 0 Å².